The predicted molar refractivity (Wildman–Crippen MR) is 79.0 cm³/mol. The van der Waals surface area contributed by atoms with Crippen molar-refractivity contribution in [2.45, 2.75) is 58.2 Å². The molecule has 0 aliphatic rings. The molecule has 0 radical (unpaired) electrons. The fraction of sp³-hybridized carbons (Fsp3) is 0.923. The van der Waals surface area contributed by atoms with Gasteiger partial charge in [0.2, 0.25) is 5.91 Å². The first-order valence-electron chi connectivity index (χ1n) is 6.40. The third kappa shape index (κ3) is 7.24. The molecule has 1 amide bonds. The Hall–Kier alpha value is -0.260. The van der Waals surface area contributed by atoms with E-state index in [0.717, 1.165) is 6.42 Å². The van der Waals surface area contributed by atoms with Crippen molar-refractivity contribution in [3.05, 3.63) is 0 Å². The summed E-state index contributed by atoms with van der Waals surface area (Å²) < 4.78 is 0. The molecule has 4 nitrogen and oxygen atoms in total. The van der Waals surface area contributed by atoms with Crippen LogP contribution in [0.4, 0.5) is 0 Å². The lowest BCUT2D eigenvalue weighted by atomic mass is 10.0. The second-order valence-electron chi connectivity index (χ2n) is 5.76. The van der Waals surface area contributed by atoms with Crippen LogP contribution in [0.5, 0.6) is 0 Å². The Labute approximate surface area is 115 Å². The third-order valence-electron chi connectivity index (χ3n) is 2.98. The van der Waals surface area contributed by atoms with E-state index in [2.05, 4.69) is 10.6 Å². The van der Waals surface area contributed by atoms with Crippen LogP contribution >= 0.6 is 11.8 Å². The molecule has 0 rings (SSSR count). The van der Waals surface area contributed by atoms with E-state index < -0.39 is 5.60 Å². The molecule has 0 aromatic heterocycles. The second-order valence-corrected chi connectivity index (χ2v) is 6.63. The van der Waals surface area contributed by atoms with Gasteiger partial charge in [-0.2, -0.15) is 11.8 Å². The lowest BCUT2D eigenvalue weighted by molar-refractivity contribution is -0.124. The number of carbonyl (C=O) groups excluding carboxylic acids is 1. The number of carbonyl (C=O) groups is 1. The van der Waals surface area contributed by atoms with Crippen LogP contribution in [0.3, 0.4) is 0 Å². The van der Waals surface area contributed by atoms with E-state index in [4.69, 9.17) is 0 Å². The number of hydrogen-bond donors (Lipinski definition) is 3. The van der Waals surface area contributed by atoms with Gasteiger partial charge >= 0.3 is 0 Å². The lowest BCUT2D eigenvalue weighted by Gasteiger charge is -2.29. The van der Waals surface area contributed by atoms with Gasteiger partial charge < -0.3 is 15.7 Å². The van der Waals surface area contributed by atoms with Crippen molar-refractivity contribution in [2.24, 2.45) is 0 Å². The standard InChI is InChI=1S/C13H28N2O2S/c1-7-12(3,4)15-11(16)10(2)14-8-13(5,17)9-18-6/h10,14,17H,7-9H2,1-6H3,(H,15,16). The van der Waals surface area contributed by atoms with Crippen LogP contribution in [0.15, 0.2) is 0 Å². The zero-order valence-corrected chi connectivity index (χ0v) is 13.3. The maximum absolute atomic E-state index is 11.9. The van der Waals surface area contributed by atoms with Crippen molar-refractivity contribution in [1.82, 2.24) is 10.6 Å². The molecule has 0 fully saturated rings. The van der Waals surface area contributed by atoms with Crippen LogP contribution in [-0.4, -0.2) is 46.7 Å². The largest absolute Gasteiger partial charge is 0.388 e. The molecule has 0 saturated heterocycles. The Morgan fingerprint density at radius 3 is 2.39 bits per heavy atom. The number of thioether (sulfide) groups is 1. The summed E-state index contributed by atoms with van der Waals surface area (Å²) in [4.78, 5) is 11.9. The van der Waals surface area contributed by atoms with Gasteiger partial charge in [-0.15, -0.1) is 0 Å². The summed E-state index contributed by atoms with van der Waals surface area (Å²) in [6, 6.07) is -0.302. The molecular weight excluding hydrogens is 248 g/mol. The van der Waals surface area contributed by atoms with Crippen molar-refractivity contribution in [2.75, 3.05) is 18.6 Å². The smallest absolute Gasteiger partial charge is 0.237 e. The van der Waals surface area contributed by atoms with Gasteiger partial charge in [0.1, 0.15) is 0 Å². The third-order valence-corrected chi connectivity index (χ3v) is 3.89. The zero-order valence-electron chi connectivity index (χ0n) is 12.5. The molecule has 0 aliphatic carbocycles. The fourth-order valence-corrected chi connectivity index (χ4v) is 2.08. The zero-order chi connectivity index (χ0) is 14.4. The molecule has 3 N–H and O–H groups in total. The summed E-state index contributed by atoms with van der Waals surface area (Å²) in [5.41, 5.74) is -0.969. The van der Waals surface area contributed by atoms with E-state index in [-0.39, 0.29) is 17.5 Å². The van der Waals surface area contributed by atoms with Gasteiger partial charge in [0.25, 0.3) is 0 Å². The minimum absolute atomic E-state index is 0.0261. The molecule has 2 atom stereocenters. The Morgan fingerprint density at radius 2 is 1.94 bits per heavy atom. The lowest BCUT2D eigenvalue weighted by Crippen LogP contribution is -2.53. The molecular formula is C13H28N2O2S. The number of nitrogens with one attached hydrogen (secondary N) is 2. The van der Waals surface area contributed by atoms with Crippen LogP contribution in [0.25, 0.3) is 0 Å². The summed E-state index contributed by atoms with van der Waals surface area (Å²) in [5, 5.41) is 16.1. The molecule has 0 aromatic carbocycles. The quantitative estimate of drug-likeness (QED) is 0.627. The van der Waals surface area contributed by atoms with Gasteiger partial charge in [-0.05, 0) is 40.4 Å². The second kappa shape index (κ2) is 7.36. The molecule has 0 spiro atoms. The molecule has 2 unspecified atom stereocenters. The van der Waals surface area contributed by atoms with Crippen molar-refractivity contribution < 1.29 is 9.90 Å². The van der Waals surface area contributed by atoms with E-state index >= 15 is 0 Å². The van der Waals surface area contributed by atoms with Crippen molar-refractivity contribution >= 4 is 17.7 Å². The molecule has 0 saturated carbocycles. The van der Waals surface area contributed by atoms with Crippen LogP contribution < -0.4 is 10.6 Å². The SMILES string of the molecule is CCC(C)(C)NC(=O)C(C)NCC(C)(O)CSC. The van der Waals surface area contributed by atoms with Gasteiger partial charge in [0.15, 0.2) is 0 Å². The van der Waals surface area contributed by atoms with Gasteiger partial charge in [-0.3, -0.25) is 4.79 Å². The Bertz CT molecular complexity index is 268. The fourth-order valence-electron chi connectivity index (χ4n) is 1.36. The van der Waals surface area contributed by atoms with Gasteiger partial charge in [0, 0.05) is 17.8 Å². The van der Waals surface area contributed by atoms with Crippen LogP contribution in [0, 0.1) is 0 Å². The Morgan fingerprint density at radius 1 is 1.39 bits per heavy atom. The van der Waals surface area contributed by atoms with Crippen molar-refractivity contribution in [1.29, 1.82) is 0 Å². The topological polar surface area (TPSA) is 61.4 Å². The summed E-state index contributed by atoms with van der Waals surface area (Å²) in [6.45, 7) is 10.0. The average molecular weight is 276 g/mol. The Balaban J connectivity index is 4.17. The first-order valence-corrected chi connectivity index (χ1v) is 7.79. The Kier molecular flexibility index (Phi) is 7.25. The highest BCUT2D eigenvalue weighted by Gasteiger charge is 2.24. The maximum Gasteiger partial charge on any atom is 0.237 e. The molecule has 0 aliphatic heterocycles. The minimum atomic E-state index is -0.784. The van der Waals surface area contributed by atoms with Crippen LogP contribution in [-0.2, 0) is 4.79 Å². The number of aliphatic hydroxyl groups is 1. The van der Waals surface area contributed by atoms with Gasteiger partial charge in [-0.1, -0.05) is 6.92 Å². The monoisotopic (exact) mass is 276 g/mol. The number of rotatable bonds is 8. The van der Waals surface area contributed by atoms with E-state index in [1.54, 1.807) is 18.7 Å². The first kappa shape index (κ1) is 17.7. The maximum atomic E-state index is 11.9. The molecule has 0 bridgehead atoms. The first-order chi connectivity index (χ1) is 8.13. The molecule has 0 heterocycles. The average Bonchev–Trinajstić information content (AvgIpc) is 2.25. The molecule has 0 aromatic rings. The predicted octanol–water partition coefficient (Wildman–Crippen LogP) is 1.38. The van der Waals surface area contributed by atoms with Crippen LogP contribution in [0.2, 0.25) is 0 Å². The highest BCUT2D eigenvalue weighted by molar-refractivity contribution is 7.98. The summed E-state index contributed by atoms with van der Waals surface area (Å²) in [6.07, 6.45) is 2.84. The minimum Gasteiger partial charge on any atom is -0.388 e. The summed E-state index contributed by atoms with van der Waals surface area (Å²) in [5.74, 6) is 0.622. The van der Waals surface area contributed by atoms with Gasteiger partial charge in [0.05, 0.1) is 11.6 Å². The van der Waals surface area contributed by atoms with Crippen molar-refractivity contribution in [3.8, 4) is 0 Å². The summed E-state index contributed by atoms with van der Waals surface area (Å²) in [7, 11) is 0. The molecule has 5 heteroatoms. The number of amides is 1. The van der Waals surface area contributed by atoms with Gasteiger partial charge in [-0.25, -0.2) is 0 Å². The normalized spacial score (nSPS) is 17.1. The van der Waals surface area contributed by atoms with E-state index in [0.29, 0.717) is 12.3 Å². The highest BCUT2D eigenvalue weighted by Crippen LogP contribution is 2.10. The van der Waals surface area contributed by atoms with Crippen LogP contribution in [0.1, 0.15) is 41.0 Å². The van der Waals surface area contributed by atoms with Crippen molar-refractivity contribution in [3.63, 3.8) is 0 Å². The summed E-state index contributed by atoms with van der Waals surface area (Å²) >= 11 is 1.59. The van der Waals surface area contributed by atoms with E-state index in [1.807, 2.05) is 34.0 Å². The highest BCUT2D eigenvalue weighted by atomic mass is 32.2. The van der Waals surface area contributed by atoms with E-state index in [9.17, 15) is 9.90 Å². The number of hydrogen-bond acceptors (Lipinski definition) is 4. The van der Waals surface area contributed by atoms with E-state index in [1.165, 1.54) is 0 Å². The molecule has 108 valence electrons. The molecule has 18 heavy (non-hydrogen) atoms.